The van der Waals surface area contributed by atoms with Crippen molar-refractivity contribution in [2.75, 3.05) is 0 Å². The molecule has 23 heavy (non-hydrogen) atoms. The largest absolute Gasteiger partial charge is 0.451 e. The molecule has 1 aromatic heterocycles. The van der Waals surface area contributed by atoms with Crippen LogP contribution >= 0.6 is 0 Å². The van der Waals surface area contributed by atoms with Crippen LogP contribution in [0, 0.1) is 12.7 Å². The molecule has 0 aliphatic heterocycles. The normalized spacial score (nSPS) is 10.5. The molecule has 4 heteroatoms. The maximum Gasteiger partial charge on any atom is 0.287 e. The van der Waals surface area contributed by atoms with Crippen molar-refractivity contribution in [3.63, 3.8) is 0 Å². The zero-order valence-electron chi connectivity index (χ0n) is 12.7. The highest BCUT2D eigenvalue weighted by molar-refractivity contribution is 5.92. The Labute approximate surface area is 133 Å². The van der Waals surface area contributed by atoms with Crippen molar-refractivity contribution in [3.05, 3.63) is 83.4 Å². The van der Waals surface area contributed by atoms with Crippen molar-refractivity contribution >= 4 is 5.91 Å². The van der Waals surface area contributed by atoms with Gasteiger partial charge in [0.1, 0.15) is 11.6 Å². The topological polar surface area (TPSA) is 42.2 Å². The minimum atomic E-state index is -0.381. The summed E-state index contributed by atoms with van der Waals surface area (Å²) in [6.07, 6.45) is 0. The summed E-state index contributed by atoms with van der Waals surface area (Å²) in [5.41, 5.74) is 2.49. The van der Waals surface area contributed by atoms with Gasteiger partial charge in [0.25, 0.3) is 5.91 Å². The predicted octanol–water partition coefficient (Wildman–Crippen LogP) is 4.32. The molecule has 0 atom stereocenters. The number of hydrogen-bond acceptors (Lipinski definition) is 2. The zero-order valence-corrected chi connectivity index (χ0v) is 12.7. The molecule has 1 amide bonds. The summed E-state index contributed by atoms with van der Waals surface area (Å²) in [6.45, 7) is 2.41. The van der Waals surface area contributed by atoms with E-state index in [1.165, 1.54) is 6.07 Å². The van der Waals surface area contributed by atoms with E-state index in [2.05, 4.69) is 5.32 Å². The highest BCUT2D eigenvalue weighted by Crippen LogP contribution is 2.24. The molecule has 2 aromatic carbocycles. The van der Waals surface area contributed by atoms with Gasteiger partial charge >= 0.3 is 0 Å². The van der Waals surface area contributed by atoms with Gasteiger partial charge in [0, 0.05) is 6.54 Å². The minimum absolute atomic E-state index is 0.164. The monoisotopic (exact) mass is 309 g/mol. The first-order chi connectivity index (χ1) is 11.1. The van der Waals surface area contributed by atoms with E-state index in [1.807, 2.05) is 31.2 Å². The first kappa shape index (κ1) is 15.0. The van der Waals surface area contributed by atoms with Crippen LogP contribution in [0.15, 0.2) is 65.1 Å². The first-order valence-corrected chi connectivity index (χ1v) is 7.32. The Hall–Kier alpha value is -2.88. The molecule has 0 fully saturated rings. The molecule has 0 unspecified atom stereocenters. The molecule has 116 valence electrons. The van der Waals surface area contributed by atoms with Crippen LogP contribution in [0.4, 0.5) is 4.39 Å². The van der Waals surface area contributed by atoms with Gasteiger partial charge in [0.2, 0.25) is 0 Å². The van der Waals surface area contributed by atoms with E-state index in [9.17, 15) is 9.18 Å². The maximum absolute atomic E-state index is 13.7. The zero-order chi connectivity index (χ0) is 16.2. The second-order valence-corrected chi connectivity index (χ2v) is 5.25. The fourth-order valence-electron chi connectivity index (χ4n) is 2.34. The van der Waals surface area contributed by atoms with Crippen molar-refractivity contribution in [2.24, 2.45) is 0 Å². The lowest BCUT2D eigenvalue weighted by Gasteiger charge is -2.06. The summed E-state index contributed by atoms with van der Waals surface area (Å²) in [6, 6.07) is 17.3. The van der Waals surface area contributed by atoms with Gasteiger partial charge in [-0.15, -0.1) is 0 Å². The lowest BCUT2D eigenvalue weighted by Crippen LogP contribution is -2.22. The summed E-state index contributed by atoms with van der Waals surface area (Å²) >= 11 is 0. The quantitative estimate of drug-likeness (QED) is 0.779. The number of rotatable bonds is 4. The Morgan fingerprint density at radius 1 is 1.04 bits per heavy atom. The number of nitrogens with one attached hydrogen (secondary N) is 1. The summed E-state index contributed by atoms with van der Waals surface area (Å²) in [5.74, 6) is -0.203. The van der Waals surface area contributed by atoms with Gasteiger partial charge in [-0.3, -0.25) is 4.79 Å². The average Bonchev–Trinajstić information content (AvgIpc) is 3.04. The van der Waals surface area contributed by atoms with Gasteiger partial charge in [-0.2, -0.15) is 0 Å². The van der Waals surface area contributed by atoms with Crippen molar-refractivity contribution in [1.82, 2.24) is 5.32 Å². The molecule has 3 rings (SSSR count). The molecular weight excluding hydrogens is 293 g/mol. The number of carbonyl (C=O) groups is 1. The van der Waals surface area contributed by atoms with Crippen molar-refractivity contribution in [2.45, 2.75) is 13.5 Å². The molecule has 0 spiro atoms. The molecule has 3 aromatic rings. The third-order valence-electron chi connectivity index (χ3n) is 3.67. The Morgan fingerprint density at radius 2 is 1.78 bits per heavy atom. The molecular formula is C19H16FNO2. The van der Waals surface area contributed by atoms with E-state index in [-0.39, 0.29) is 17.5 Å². The number of amides is 1. The number of benzene rings is 2. The van der Waals surface area contributed by atoms with E-state index < -0.39 is 0 Å². The summed E-state index contributed by atoms with van der Waals surface area (Å²) in [7, 11) is 0. The summed E-state index contributed by atoms with van der Waals surface area (Å²) < 4.78 is 19.2. The van der Waals surface area contributed by atoms with E-state index >= 15 is 0 Å². The Kier molecular flexibility index (Phi) is 4.24. The van der Waals surface area contributed by atoms with Gasteiger partial charge in [0.05, 0.1) is 5.56 Å². The minimum Gasteiger partial charge on any atom is -0.451 e. The number of furan rings is 1. The number of aryl methyl sites for hydroxylation is 1. The van der Waals surface area contributed by atoms with Crippen LogP contribution in [0.2, 0.25) is 0 Å². The molecule has 3 nitrogen and oxygen atoms in total. The predicted molar refractivity (Wildman–Crippen MR) is 86.5 cm³/mol. The lowest BCUT2D eigenvalue weighted by molar-refractivity contribution is 0.0924. The van der Waals surface area contributed by atoms with Gasteiger partial charge in [-0.25, -0.2) is 4.39 Å². The molecule has 0 radical (unpaired) electrons. The first-order valence-electron chi connectivity index (χ1n) is 7.32. The molecule has 0 saturated heterocycles. The van der Waals surface area contributed by atoms with Crippen LogP contribution in [0.1, 0.15) is 21.7 Å². The third kappa shape index (κ3) is 3.31. The molecule has 0 aliphatic rings. The Balaban J connectivity index is 1.72. The van der Waals surface area contributed by atoms with E-state index in [0.29, 0.717) is 17.9 Å². The van der Waals surface area contributed by atoms with E-state index in [1.54, 1.807) is 30.3 Å². The molecule has 0 aliphatic carbocycles. The SMILES string of the molecule is Cc1ccccc1CNC(=O)c1ccc(-c2ccccc2F)o1. The summed E-state index contributed by atoms with van der Waals surface area (Å²) in [4.78, 5) is 12.2. The average molecular weight is 309 g/mol. The van der Waals surface area contributed by atoms with Crippen LogP contribution in [0.25, 0.3) is 11.3 Å². The van der Waals surface area contributed by atoms with Crippen LogP contribution in [-0.4, -0.2) is 5.91 Å². The number of halogens is 1. The highest BCUT2D eigenvalue weighted by atomic mass is 19.1. The van der Waals surface area contributed by atoms with Crippen LogP contribution in [0.3, 0.4) is 0 Å². The summed E-state index contributed by atoms with van der Waals surface area (Å²) in [5, 5.41) is 2.81. The standard InChI is InChI=1S/C19H16FNO2/c1-13-6-2-3-7-14(13)12-21-19(22)18-11-10-17(23-18)15-8-4-5-9-16(15)20/h2-11H,12H2,1H3,(H,21,22). The van der Waals surface area contributed by atoms with Gasteiger partial charge in [-0.05, 0) is 42.3 Å². The number of carbonyl (C=O) groups excluding carboxylic acids is 1. The van der Waals surface area contributed by atoms with Gasteiger partial charge < -0.3 is 9.73 Å². The molecule has 1 N–H and O–H groups in total. The Bertz CT molecular complexity index is 839. The van der Waals surface area contributed by atoms with Crippen LogP contribution in [0.5, 0.6) is 0 Å². The van der Waals surface area contributed by atoms with Crippen molar-refractivity contribution in [3.8, 4) is 11.3 Å². The fourth-order valence-corrected chi connectivity index (χ4v) is 2.34. The third-order valence-corrected chi connectivity index (χ3v) is 3.67. The van der Waals surface area contributed by atoms with Crippen LogP contribution < -0.4 is 5.32 Å². The van der Waals surface area contributed by atoms with Crippen molar-refractivity contribution in [1.29, 1.82) is 0 Å². The maximum atomic E-state index is 13.7. The fraction of sp³-hybridized carbons (Fsp3) is 0.105. The van der Waals surface area contributed by atoms with E-state index in [4.69, 9.17) is 4.42 Å². The van der Waals surface area contributed by atoms with E-state index in [0.717, 1.165) is 11.1 Å². The second-order valence-electron chi connectivity index (χ2n) is 5.25. The smallest absolute Gasteiger partial charge is 0.287 e. The lowest BCUT2D eigenvalue weighted by atomic mass is 10.1. The van der Waals surface area contributed by atoms with Crippen LogP contribution in [-0.2, 0) is 6.54 Å². The van der Waals surface area contributed by atoms with Gasteiger partial charge in [-0.1, -0.05) is 36.4 Å². The highest BCUT2D eigenvalue weighted by Gasteiger charge is 2.14. The molecule has 0 bridgehead atoms. The van der Waals surface area contributed by atoms with Gasteiger partial charge in [0.15, 0.2) is 5.76 Å². The Morgan fingerprint density at radius 3 is 2.57 bits per heavy atom. The second kappa shape index (κ2) is 6.48. The van der Waals surface area contributed by atoms with Crippen molar-refractivity contribution < 1.29 is 13.6 Å². The molecule has 1 heterocycles. The number of hydrogen-bond donors (Lipinski definition) is 1. The molecule has 0 saturated carbocycles.